The quantitative estimate of drug-likeness (QED) is 0.698. The topological polar surface area (TPSA) is 63.6 Å². The summed E-state index contributed by atoms with van der Waals surface area (Å²) >= 11 is 5.97. The molecule has 0 unspecified atom stereocenters. The van der Waals surface area contributed by atoms with Gasteiger partial charge in [-0.15, -0.1) is 0 Å². The Labute approximate surface area is 127 Å². The van der Waals surface area contributed by atoms with Crippen LogP contribution in [0.4, 0.5) is 0 Å². The van der Waals surface area contributed by atoms with Crippen molar-refractivity contribution in [3.8, 4) is 5.75 Å². The van der Waals surface area contributed by atoms with Crippen LogP contribution >= 0.6 is 11.6 Å². The summed E-state index contributed by atoms with van der Waals surface area (Å²) in [5, 5.41) is 4.65. The second kappa shape index (κ2) is 6.85. The second-order valence-electron chi connectivity index (χ2n) is 4.22. The standard InChI is InChI=1S/C15H14ClN3O2/c1-10(13-9-12(16)3-4-14(13)21-2)18-19-15(20)11-5-7-17-8-6-11/h3-9H,1-2H3,(H,19,20)/b18-10-. The van der Waals surface area contributed by atoms with E-state index in [1.165, 1.54) is 0 Å². The SMILES string of the molecule is COc1ccc(Cl)cc1/C(C)=N\NC(=O)c1ccncc1. The molecule has 0 saturated heterocycles. The highest BCUT2D eigenvalue weighted by Gasteiger charge is 2.08. The van der Waals surface area contributed by atoms with Crippen molar-refractivity contribution in [1.82, 2.24) is 10.4 Å². The van der Waals surface area contributed by atoms with Gasteiger partial charge >= 0.3 is 0 Å². The summed E-state index contributed by atoms with van der Waals surface area (Å²) in [5.74, 6) is 0.330. The van der Waals surface area contributed by atoms with Crippen molar-refractivity contribution in [3.63, 3.8) is 0 Å². The van der Waals surface area contributed by atoms with Crippen molar-refractivity contribution in [1.29, 1.82) is 0 Å². The van der Waals surface area contributed by atoms with Gasteiger partial charge in [-0.3, -0.25) is 9.78 Å². The summed E-state index contributed by atoms with van der Waals surface area (Å²) in [6.45, 7) is 1.76. The van der Waals surface area contributed by atoms with Crippen molar-refractivity contribution in [2.45, 2.75) is 6.92 Å². The van der Waals surface area contributed by atoms with E-state index in [0.717, 1.165) is 5.56 Å². The van der Waals surface area contributed by atoms with Gasteiger partial charge in [0.1, 0.15) is 5.75 Å². The maximum atomic E-state index is 11.9. The van der Waals surface area contributed by atoms with Gasteiger partial charge in [0.15, 0.2) is 0 Å². The third kappa shape index (κ3) is 3.79. The number of aromatic nitrogens is 1. The van der Waals surface area contributed by atoms with Gasteiger partial charge in [0.25, 0.3) is 5.91 Å². The number of amides is 1. The predicted molar refractivity (Wildman–Crippen MR) is 81.9 cm³/mol. The molecule has 6 heteroatoms. The number of ether oxygens (including phenoxy) is 1. The molecular weight excluding hydrogens is 290 g/mol. The van der Waals surface area contributed by atoms with Gasteiger partial charge < -0.3 is 4.74 Å². The molecule has 0 aliphatic carbocycles. The molecule has 21 heavy (non-hydrogen) atoms. The van der Waals surface area contributed by atoms with Crippen LogP contribution in [-0.2, 0) is 0 Å². The molecule has 1 aromatic heterocycles. The lowest BCUT2D eigenvalue weighted by molar-refractivity contribution is 0.0954. The molecule has 5 nitrogen and oxygen atoms in total. The van der Waals surface area contributed by atoms with Crippen LogP contribution in [-0.4, -0.2) is 23.7 Å². The first-order chi connectivity index (χ1) is 10.1. The molecule has 2 rings (SSSR count). The minimum absolute atomic E-state index is 0.308. The first-order valence-electron chi connectivity index (χ1n) is 6.20. The average Bonchev–Trinajstić information content (AvgIpc) is 2.53. The second-order valence-corrected chi connectivity index (χ2v) is 4.66. The van der Waals surface area contributed by atoms with Gasteiger partial charge in [0, 0.05) is 28.5 Å². The molecule has 0 radical (unpaired) electrons. The fourth-order valence-electron chi connectivity index (χ4n) is 1.73. The molecule has 0 spiro atoms. The van der Waals surface area contributed by atoms with Gasteiger partial charge in [-0.25, -0.2) is 5.43 Å². The molecule has 0 bridgehead atoms. The molecule has 0 saturated carbocycles. The van der Waals surface area contributed by atoms with Gasteiger partial charge in [-0.1, -0.05) is 11.6 Å². The lowest BCUT2D eigenvalue weighted by Gasteiger charge is -2.08. The smallest absolute Gasteiger partial charge is 0.271 e. The minimum Gasteiger partial charge on any atom is -0.496 e. The number of pyridine rings is 1. The van der Waals surface area contributed by atoms with Gasteiger partial charge in [0.05, 0.1) is 12.8 Å². The van der Waals surface area contributed by atoms with E-state index < -0.39 is 0 Å². The molecule has 108 valence electrons. The van der Waals surface area contributed by atoms with Crippen molar-refractivity contribution >= 4 is 23.2 Å². The van der Waals surface area contributed by atoms with E-state index in [-0.39, 0.29) is 5.91 Å². The Hall–Kier alpha value is -2.40. The fraction of sp³-hybridized carbons (Fsp3) is 0.133. The summed E-state index contributed by atoms with van der Waals surface area (Å²) < 4.78 is 5.25. The van der Waals surface area contributed by atoms with E-state index in [1.807, 2.05) is 0 Å². The Morgan fingerprint density at radius 1 is 1.29 bits per heavy atom. The van der Waals surface area contributed by atoms with Gasteiger partial charge in [-0.2, -0.15) is 5.10 Å². The highest BCUT2D eigenvalue weighted by atomic mass is 35.5. The Morgan fingerprint density at radius 3 is 2.67 bits per heavy atom. The van der Waals surface area contributed by atoms with Crippen LogP contribution in [0.1, 0.15) is 22.8 Å². The summed E-state index contributed by atoms with van der Waals surface area (Å²) in [7, 11) is 1.57. The van der Waals surface area contributed by atoms with Gasteiger partial charge in [-0.05, 0) is 37.3 Å². The van der Waals surface area contributed by atoms with Crippen LogP contribution < -0.4 is 10.2 Å². The fourth-order valence-corrected chi connectivity index (χ4v) is 1.90. The van der Waals surface area contributed by atoms with Crippen LogP contribution in [0.5, 0.6) is 5.75 Å². The number of hydrazone groups is 1. The number of hydrogen-bond donors (Lipinski definition) is 1. The molecule has 2 aromatic rings. The van der Waals surface area contributed by atoms with Gasteiger partial charge in [0.2, 0.25) is 0 Å². The summed E-state index contributed by atoms with van der Waals surface area (Å²) in [6, 6.07) is 8.44. The first-order valence-corrected chi connectivity index (χ1v) is 6.58. The number of nitrogens with zero attached hydrogens (tertiary/aromatic N) is 2. The Kier molecular flexibility index (Phi) is 4.90. The molecule has 0 aliphatic rings. The van der Waals surface area contributed by atoms with Crippen LogP contribution in [0.2, 0.25) is 5.02 Å². The maximum absolute atomic E-state index is 11.9. The third-order valence-electron chi connectivity index (χ3n) is 2.82. The molecular formula is C15H14ClN3O2. The van der Waals surface area contributed by atoms with Crippen LogP contribution in [0, 0.1) is 0 Å². The number of carbonyl (C=O) groups excluding carboxylic acids is 1. The van der Waals surface area contributed by atoms with E-state index in [4.69, 9.17) is 16.3 Å². The Balaban J connectivity index is 2.18. The van der Waals surface area contributed by atoms with E-state index in [1.54, 1.807) is 56.8 Å². The summed E-state index contributed by atoms with van der Waals surface area (Å²) in [4.78, 5) is 15.8. The molecule has 1 aromatic carbocycles. The van der Waals surface area contributed by atoms with E-state index in [9.17, 15) is 4.79 Å². The molecule has 0 aliphatic heterocycles. The zero-order chi connectivity index (χ0) is 15.2. The number of hydrogen-bond acceptors (Lipinski definition) is 4. The number of rotatable bonds is 4. The zero-order valence-corrected chi connectivity index (χ0v) is 12.4. The van der Waals surface area contributed by atoms with E-state index in [0.29, 0.717) is 22.0 Å². The minimum atomic E-state index is -0.308. The molecule has 1 amide bonds. The normalized spacial score (nSPS) is 11.1. The lowest BCUT2D eigenvalue weighted by atomic mass is 10.1. The lowest BCUT2D eigenvalue weighted by Crippen LogP contribution is -2.19. The van der Waals surface area contributed by atoms with E-state index in [2.05, 4.69) is 15.5 Å². The number of methoxy groups -OCH3 is 1. The third-order valence-corrected chi connectivity index (χ3v) is 3.05. The van der Waals surface area contributed by atoms with Crippen LogP contribution in [0.15, 0.2) is 47.8 Å². The molecule has 1 N–H and O–H groups in total. The number of benzene rings is 1. The highest BCUT2D eigenvalue weighted by Crippen LogP contribution is 2.23. The largest absolute Gasteiger partial charge is 0.496 e. The van der Waals surface area contributed by atoms with Crippen molar-refractivity contribution in [2.75, 3.05) is 7.11 Å². The van der Waals surface area contributed by atoms with Crippen molar-refractivity contribution in [3.05, 3.63) is 58.9 Å². The summed E-state index contributed by atoms with van der Waals surface area (Å²) in [6.07, 6.45) is 3.09. The molecule has 0 fully saturated rings. The van der Waals surface area contributed by atoms with E-state index >= 15 is 0 Å². The van der Waals surface area contributed by atoms with Crippen LogP contribution in [0.25, 0.3) is 0 Å². The predicted octanol–water partition coefficient (Wildman–Crippen LogP) is 2.90. The summed E-state index contributed by atoms with van der Waals surface area (Å²) in [5.41, 5.74) is 4.29. The molecule has 0 atom stereocenters. The highest BCUT2D eigenvalue weighted by molar-refractivity contribution is 6.31. The molecule has 1 heterocycles. The average molecular weight is 304 g/mol. The first kappa shape index (κ1) is 15.0. The Bertz CT molecular complexity index is 672. The van der Waals surface area contributed by atoms with Crippen molar-refractivity contribution in [2.24, 2.45) is 5.10 Å². The number of halogens is 1. The van der Waals surface area contributed by atoms with Crippen LogP contribution in [0.3, 0.4) is 0 Å². The monoisotopic (exact) mass is 303 g/mol. The Morgan fingerprint density at radius 2 is 2.00 bits per heavy atom. The zero-order valence-electron chi connectivity index (χ0n) is 11.6. The number of nitrogens with one attached hydrogen (secondary N) is 1. The van der Waals surface area contributed by atoms with Crippen molar-refractivity contribution < 1.29 is 9.53 Å². The number of carbonyl (C=O) groups is 1. The maximum Gasteiger partial charge on any atom is 0.271 e.